The molecule has 8 nitrogen and oxygen atoms in total. The average Bonchev–Trinajstić information content (AvgIpc) is 2.95. The fourth-order valence-electron chi connectivity index (χ4n) is 3.91. The molecule has 1 radical (unpaired) electrons. The first kappa shape index (κ1) is 28.4. The van der Waals surface area contributed by atoms with Crippen LogP contribution in [0.5, 0.6) is 0 Å². The predicted molar refractivity (Wildman–Crippen MR) is 145 cm³/mol. The van der Waals surface area contributed by atoms with Crippen molar-refractivity contribution in [3.8, 4) is 0 Å². The Hall–Kier alpha value is -4.17. The molecule has 3 aromatic carbocycles. The summed E-state index contributed by atoms with van der Waals surface area (Å²) < 4.78 is 5.37. The maximum Gasteiger partial charge on any atom is 0.407 e. The second-order valence-corrected chi connectivity index (χ2v) is 9.04. The van der Waals surface area contributed by atoms with E-state index in [1.54, 1.807) is 6.29 Å². The van der Waals surface area contributed by atoms with Crippen LogP contribution in [0.15, 0.2) is 91.0 Å². The number of nitrogens with one attached hydrogen (secondary N) is 2. The first-order chi connectivity index (χ1) is 18.4. The maximum atomic E-state index is 12.9. The molecule has 0 aromatic heterocycles. The van der Waals surface area contributed by atoms with Crippen LogP contribution in [0.3, 0.4) is 0 Å². The molecule has 3 N–H and O–H groups in total. The highest BCUT2D eigenvalue weighted by molar-refractivity contribution is 5.78. The highest BCUT2D eigenvalue weighted by Gasteiger charge is 2.27. The fraction of sp³-hybridized carbons (Fsp3) is 0.300. The minimum Gasteiger partial charge on any atom is -0.445 e. The van der Waals surface area contributed by atoms with Gasteiger partial charge in [-0.15, -0.1) is 0 Å². The number of urea groups is 1. The van der Waals surface area contributed by atoms with Crippen LogP contribution in [0, 0.1) is 0 Å². The van der Waals surface area contributed by atoms with Crippen LogP contribution in [0.1, 0.15) is 23.6 Å². The molecule has 0 fully saturated rings. The third kappa shape index (κ3) is 9.71. The minimum absolute atomic E-state index is 0.0687. The number of aliphatic hydroxyl groups is 1. The van der Waals surface area contributed by atoms with Crippen molar-refractivity contribution in [3.63, 3.8) is 0 Å². The molecule has 2 unspecified atom stereocenters. The molecule has 0 spiro atoms. The Bertz CT molecular complexity index is 1130. The van der Waals surface area contributed by atoms with Gasteiger partial charge in [0.2, 0.25) is 6.29 Å². The van der Waals surface area contributed by atoms with E-state index in [1.165, 1.54) is 11.8 Å². The van der Waals surface area contributed by atoms with Crippen molar-refractivity contribution in [2.45, 2.75) is 44.6 Å². The van der Waals surface area contributed by atoms with Crippen molar-refractivity contribution >= 4 is 18.4 Å². The van der Waals surface area contributed by atoms with Crippen LogP contribution in [0.25, 0.3) is 0 Å². The molecular weight excluding hydrogens is 482 g/mol. The van der Waals surface area contributed by atoms with E-state index in [4.69, 9.17) is 4.74 Å². The molecule has 3 atom stereocenters. The van der Waals surface area contributed by atoms with E-state index in [1.807, 2.05) is 91.0 Å². The summed E-state index contributed by atoms with van der Waals surface area (Å²) >= 11 is 0. The molecule has 3 amide bonds. The fourth-order valence-corrected chi connectivity index (χ4v) is 3.91. The summed E-state index contributed by atoms with van der Waals surface area (Å²) in [7, 11) is 0. The Kier molecular flexibility index (Phi) is 11.3. The largest absolute Gasteiger partial charge is 0.445 e. The summed E-state index contributed by atoms with van der Waals surface area (Å²) in [6.45, 7) is 1.85. The molecule has 3 aromatic rings. The highest BCUT2D eigenvalue weighted by Crippen LogP contribution is 2.11. The molecule has 199 valence electrons. The second-order valence-electron chi connectivity index (χ2n) is 9.04. The van der Waals surface area contributed by atoms with Crippen molar-refractivity contribution in [1.82, 2.24) is 15.5 Å². The van der Waals surface area contributed by atoms with Gasteiger partial charge in [-0.2, -0.15) is 0 Å². The molecule has 0 heterocycles. The van der Waals surface area contributed by atoms with Crippen LogP contribution in [0.2, 0.25) is 0 Å². The summed E-state index contributed by atoms with van der Waals surface area (Å²) in [6.07, 6.45) is 0.840. The molecule has 0 bridgehead atoms. The zero-order valence-corrected chi connectivity index (χ0v) is 21.5. The molecular formula is C30H34N3O5. The summed E-state index contributed by atoms with van der Waals surface area (Å²) in [5.74, 6) is 0. The van der Waals surface area contributed by atoms with Crippen LogP contribution in [-0.4, -0.2) is 59.7 Å². The summed E-state index contributed by atoms with van der Waals surface area (Å²) in [5.41, 5.74) is 2.77. The number of rotatable bonds is 13. The van der Waals surface area contributed by atoms with E-state index in [2.05, 4.69) is 10.6 Å². The lowest BCUT2D eigenvalue weighted by atomic mass is 10.0. The zero-order valence-electron chi connectivity index (χ0n) is 21.5. The number of hydrogen-bond donors (Lipinski definition) is 3. The number of carbonyl (C=O) groups is 2. The minimum atomic E-state index is -1.11. The third-order valence-electron chi connectivity index (χ3n) is 6.00. The summed E-state index contributed by atoms with van der Waals surface area (Å²) in [6, 6.07) is 26.4. The number of benzene rings is 3. The van der Waals surface area contributed by atoms with Crippen molar-refractivity contribution in [3.05, 3.63) is 108 Å². The van der Waals surface area contributed by atoms with Gasteiger partial charge >= 0.3 is 12.1 Å². The van der Waals surface area contributed by atoms with Crippen LogP contribution < -0.4 is 10.6 Å². The molecule has 8 heteroatoms. The zero-order chi connectivity index (χ0) is 27.2. The van der Waals surface area contributed by atoms with Gasteiger partial charge in [0.25, 0.3) is 0 Å². The van der Waals surface area contributed by atoms with E-state index >= 15 is 0 Å². The summed E-state index contributed by atoms with van der Waals surface area (Å²) in [4.78, 5) is 38.0. The Balaban J connectivity index is 1.71. The van der Waals surface area contributed by atoms with Crippen molar-refractivity contribution in [2.75, 3.05) is 13.1 Å². The van der Waals surface area contributed by atoms with Gasteiger partial charge in [-0.05, 0) is 36.5 Å². The average molecular weight is 517 g/mol. The van der Waals surface area contributed by atoms with Gasteiger partial charge in [-0.3, -0.25) is 4.79 Å². The number of alkyl carbamates (subject to hydrolysis) is 1. The Labute approximate surface area is 223 Å². The number of carbonyl (C=O) groups excluding carboxylic acids is 3. The monoisotopic (exact) mass is 516 g/mol. The van der Waals surface area contributed by atoms with Gasteiger partial charge in [-0.1, -0.05) is 91.0 Å². The quantitative estimate of drug-likeness (QED) is 0.322. The molecule has 0 aliphatic heterocycles. The highest BCUT2D eigenvalue weighted by atomic mass is 16.5. The van der Waals surface area contributed by atoms with Gasteiger partial charge in [0.05, 0.1) is 24.7 Å². The Morgan fingerprint density at radius 3 is 2.00 bits per heavy atom. The third-order valence-corrected chi connectivity index (χ3v) is 6.00. The molecule has 0 saturated carbocycles. The summed E-state index contributed by atoms with van der Waals surface area (Å²) in [5, 5.41) is 16.6. The number of ether oxygens (including phenoxy) is 1. The number of nitrogens with zero attached hydrogens (tertiary/aromatic N) is 1. The Morgan fingerprint density at radius 1 is 0.868 bits per heavy atom. The van der Waals surface area contributed by atoms with Crippen molar-refractivity contribution in [2.24, 2.45) is 0 Å². The molecule has 0 aliphatic carbocycles. The topological polar surface area (TPSA) is 108 Å². The van der Waals surface area contributed by atoms with Crippen molar-refractivity contribution in [1.29, 1.82) is 0 Å². The lowest BCUT2D eigenvalue weighted by Gasteiger charge is -2.30. The molecule has 38 heavy (non-hydrogen) atoms. The van der Waals surface area contributed by atoms with Gasteiger partial charge in [-0.25, -0.2) is 9.59 Å². The number of amides is 3. The van der Waals surface area contributed by atoms with E-state index in [9.17, 15) is 19.5 Å². The van der Waals surface area contributed by atoms with Gasteiger partial charge in [0.1, 0.15) is 6.61 Å². The normalized spacial score (nSPS) is 13.0. The lowest BCUT2D eigenvalue weighted by molar-refractivity contribution is 0.0788. The molecule has 3 rings (SSSR count). The first-order valence-corrected chi connectivity index (χ1v) is 12.6. The Morgan fingerprint density at radius 2 is 1.42 bits per heavy atom. The van der Waals surface area contributed by atoms with Crippen LogP contribution >= 0.6 is 0 Å². The van der Waals surface area contributed by atoms with E-state index in [-0.39, 0.29) is 13.2 Å². The lowest BCUT2D eigenvalue weighted by Crippen LogP contribution is -2.53. The van der Waals surface area contributed by atoms with E-state index < -0.39 is 30.3 Å². The maximum absolute atomic E-state index is 12.9. The second kappa shape index (κ2) is 15.2. The van der Waals surface area contributed by atoms with Crippen LogP contribution in [0.4, 0.5) is 9.59 Å². The molecule has 0 aliphatic rings. The number of aliphatic hydroxyl groups excluding tert-OH is 1. The van der Waals surface area contributed by atoms with E-state index in [0.717, 1.165) is 16.7 Å². The SMILES string of the molecule is C[C@@H]([C]=O)NC(=O)N(CCc1ccccc1)CC(O)C(Cc1ccccc1)NC(=O)OCc1ccccc1. The van der Waals surface area contributed by atoms with Crippen molar-refractivity contribution < 1.29 is 24.2 Å². The van der Waals surface area contributed by atoms with Crippen LogP contribution in [-0.2, 0) is 29.0 Å². The van der Waals surface area contributed by atoms with Gasteiger partial charge < -0.3 is 25.4 Å². The van der Waals surface area contributed by atoms with Gasteiger partial charge in [0, 0.05) is 6.54 Å². The standard InChI is InChI=1S/C30H34N3O5/c1-23(21-34)31-29(36)33(18-17-24-11-5-2-6-12-24)20-28(35)27(19-25-13-7-3-8-14-25)32-30(37)38-22-26-15-9-4-10-16-26/h2-16,23,27-28,35H,17-20,22H2,1H3,(H,31,36)(H,32,37)/t23-,27?,28?/m0/s1. The first-order valence-electron chi connectivity index (χ1n) is 12.6. The number of hydrogen-bond acceptors (Lipinski definition) is 5. The smallest absolute Gasteiger partial charge is 0.407 e. The molecule has 0 saturated heterocycles. The van der Waals surface area contributed by atoms with Gasteiger partial charge in [0.15, 0.2) is 0 Å². The predicted octanol–water partition coefficient (Wildman–Crippen LogP) is 3.64. The van der Waals surface area contributed by atoms with E-state index in [0.29, 0.717) is 19.4 Å².